The molecule has 29 heavy (non-hydrogen) atoms. The van der Waals surface area contributed by atoms with Crippen LogP contribution >= 0.6 is 12.2 Å². The van der Waals surface area contributed by atoms with Crippen molar-refractivity contribution in [1.29, 1.82) is 0 Å². The summed E-state index contributed by atoms with van der Waals surface area (Å²) in [6.07, 6.45) is 0. The Morgan fingerprint density at radius 3 is 2.14 bits per heavy atom. The molecule has 2 N–H and O–H groups in total. The minimum absolute atomic E-state index is 0.239. The maximum absolute atomic E-state index is 12.3. The lowest BCUT2D eigenvalue weighted by Gasteiger charge is -2.15. The van der Waals surface area contributed by atoms with Crippen LogP contribution in [0.1, 0.15) is 59.9 Å². The predicted octanol–water partition coefficient (Wildman–Crippen LogP) is 4.97. The summed E-state index contributed by atoms with van der Waals surface area (Å²) in [5.74, 6) is -0.546. The van der Waals surface area contributed by atoms with Gasteiger partial charge in [0.2, 0.25) is 0 Å². The Balaban J connectivity index is 2.22. The third-order valence-corrected chi connectivity index (χ3v) is 4.31. The summed E-state index contributed by atoms with van der Waals surface area (Å²) in [6, 6.07) is 12.5. The maximum Gasteiger partial charge on any atom is 0.340 e. The van der Waals surface area contributed by atoms with Crippen molar-refractivity contribution in [2.75, 3.05) is 23.8 Å². The molecule has 0 aliphatic carbocycles. The molecule has 6 nitrogen and oxygen atoms in total. The van der Waals surface area contributed by atoms with E-state index in [1.165, 1.54) is 23.8 Å². The summed E-state index contributed by atoms with van der Waals surface area (Å²) in [7, 11) is 0. The van der Waals surface area contributed by atoms with Gasteiger partial charge in [-0.3, -0.25) is 0 Å². The van der Waals surface area contributed by atoms with E-state index in [0.717, 1.165) is 5.69 Å². The van der Waals surface area contributed by atoms with Gasteiger partial charge >= 0.3 is 11.9 Å². The zero-order valence-electron chi connectivity index (χ0n) is 17.1. The molecule has 7 heteroatoms. The van der Waals surface area contributed by atoms with E-state index in [9.17, 15) is 9.59 Å². The largest absolute Gasteiger partial charge is 0.462 e. The second-order valence-corrected chi connectivity index (χ2v) is 6.97. The van der Waals surface area contributed by atoms with Crippen LogP contribution in [0.3, 0.4) is 0 Å². The average Bonchev–Trinajstić information content (AvgIpc) is 2.68. The standard InChI is InChI=1S/C22H26N2O4S/c1-5-27-20(25)16-9-12-18(21(26)28-6-2)19(13-16)24-22(29)23-17-10-7-15(8-11-17)14(3)4/h7-14H,5-6H2,1-4H3,(H2,23,24,29). The third kappa shape index (κ3) is 6.29. The second-order valence-electron chi connectivity index (χ2n) is 6.56. The van der Waals surface area contributed by atoms with E-state index < -0.39 is 11.9 Å². The van der Waals surface area contributed by atoms with Crippen LogP contribution in [0.15, 0.2) is 42.5 Å². The lowest BCUT2D eigenvalue weighted by Crippen LogP contribution is -2.21. The van der Waals surface area contributed by atoms with E-state index in [1.807, 2.05) is 24.3 Å². The number of anilines is 2. The summed E-state index contributed by atoms with van der Waals surface area (Å²) in [5, 5.41) is 6.35. The Kier molecular flexibility index (Phi) is 8.15. The number of benzene rings is 2. The van der Waals surface area contributed by atoms with Crippen LogP contribution in [0.5, 0.6) is 0 Å². The lowest BCUT2D eigenvalue weighted by atomic mass is 10.0. The monoisotopic (exact) mass is 414 g/mol. The molecule has 0 heterocycles. The highest BCUT2D eigenvalue weighted by molar-refractivity contribution is 7.80. The Labute approximate surface area is 176 Å². The second kappa shape index (κ2) is 10.6. The number of rotatable bonds is 7. The van der Waals surface area contributed by atoms with Gasteiger partial charge in [-0.15, -0.1) is 0 Å². The number of nitrogens with one attached hydrogen (secondary N) is 2. The van der Waals surface area contributed by atoms with Gasteiger partial charge in [-0.2, -0.15) is 0 Å². The highest BCUT2D eigenvalue weighted by Crippen LogP contribution is 2.21. The summed E-state index contributed by atoms with van der Waals surface area (Å²) < 4.78 is 10.1. The quantitative estimate of drug-likeness (QED) is 0.489. The number of hydrogen-bond acceptors (Lipinski definition) is 5. The Morgan fingerprint density at radius 1 is 0.931 bits per heavy atom. The van der Waals surface area contributed by atoms with Gasteiger partial charge in [-0.05, 0) is 67.9 Å². The van der Waals surface area contributed by atoms with Crippen LogP contribution in [0.25, 0.3) is 0 Å². The molecular weight excluding hydrogens is 388 g/mol. The molecule has 0 saturated heterocycles. The van der Waals surface area contributed by atoms with E-state index in [0.29, 0.717) is 17.2 Å². The minimum Gasteiger partial charge on any atom is -0.462 e. The number of carbonyl (C=O) groups is 2. The predicted molar refractivity (Wildman–Crippen MR) is 119 cm³/mol. The zero-order valence-corrected chi connectivity index (χ0v) is 17.9. The fourth-order valence-electron chi connectivity index (χ4n) is 2.61. The van der Waals surface area contributed by atoms with Gasteiger partial charge < -0.3 is 20.1 Å². The van der Waals surface area contributed by atoms with Crippen molar-refractivity contribution in [3.8, 4) is 0 Å². The van der Waals surface area contributed by atoms with Crippen molar-refractivity contribution < 1.29 is 19.1 Å². The third-order valence-electron chi connectivity index (χ3n) is 4.11. The van der Waals surface area contributed by atoms with Crippen molar-refractivity contribution in [1.82, 2.24) is 0 Å². The van der Waals surface area contributed by atoms with E-state index >= 15 is 0 Å². The van der Waals surface area contributed by atoms with Crippen molar-refractivity contribution in [2.24, 2.45) is 0 Å². The molecule has 0 aromatic heterocycles. The average molecular weight is 415 g/mol. The molecule has 154 valence electrons. The van der Waals surface area contributed by atoms with Crippen LogP contribution in [-0.4, -0.2) is 30.3 Å². The Morgan fingerprint density at radius 2 is 1.55 bits per heavy atom. The summed E-state index contributed by atoms with van der Waals surface area (Å²) >= 11 is 5.38. The molecule has 0 bridgehead atoms. The van der Waals surface area contributed by atoms with Gasteiger partial charge in [0.1, 0.15) is 0 Å². The highest BCUT2D eigenvalue weighted by Gasteiger charge is 2.17. The van der Waals surface area contributed by atoms with Gasteiger partial charge in [0.15, 0.2) is 5.11 Å². The fourth-order valence-corrected chi connectivity index (χ4v) is 2.84. The molecule has 0 aliphatic heterocycles. The first-order valence-corrected chi connectivity index (χ1v) is 9.92. The number of thiocarbonyl (C=S) groups is 1. The molecule has 2 rings (SSSR count). The number of hydrogen-bond donors (Lipinski definition) is 2. The van der Waals surface area contributed by atoms with Gasteiger partial charge in [0, 0.05) is 5.69 Å². The normalized spacial score (nSPS) is 10.4. The van der Waals surface area contributed by atoms with Gasteiger partial charge in [-0.25, -0.2) is 9.59 Å². The molecule has 0 fully saturated rings. The maximum atomic E-state index is 12.3. The zero-order chi connectivity index (χ0) is 21.4. The molecule has 0 radical (unpaired) electrons. The molecule has 0 aliphatic rings. The first-order valence-electron chi connectivity index (χ1n) is 9.51. The molecule has 0 atom stereocenters. The van der Waals surface area contributed by atoms with Crippen molar-refractivity contribution in [3.63, 3.8) is 0 Å². The van der Waals surface area contributed by atoms with Crippen molar-refractivity contribution in [2.45, 2.75) is 33.6 Å². The number of carbonyl (C=O) groups excluding carboxylic acids is 2. The van der Waals surface area contributed by atoms with Crippen LogP contribution in [0.2, 0.25) is 0 Å². The van der Waals surface area contributed by atoms with E-state index in [4.69, 9.17) is 21.7 Å². The number of ether oxygens (including phenoxy) is 2. The van der Waals surface area contributed by atoms with E-state index in [-0.39, 0.29) is 23.9 Å². The topological polar surface area (TPSA) is 76.7 Å². The molecule has 2 aromatic rings. The lowest BCUT2D eigenvalue weighted by molar-refractivity contribution is 0.0512. The smallest absolute Gasteiger partial charge is 0.340 e. The van der Waals surface area contributed by atoms with E-state index in [2.05, 4.69) is 24.5 Å². The van der Waals surface area contributed by atoms with Crippen LogP contribution in [0, 0.1) is 0 Å². The van der Waals surface area contributed by atoms with Crippen LogP contribution < -0.4 is 10.6 Å². The first-order chi connectivity index (χ1) is 13.8. The molecule has 0 spiro atoms. The van der Waals surface area contributed by atoms with Crippen LogP contribution in [-0.2, 0) is 9.47 Å². The minimum atomic E-state index is -0.505. The molecule has 0 saturated carbocycles. The fraction of sp³-hybridized carbons (Fsp3) is 0.318. The van der Waals surface area contributed by atoms with Gasteiger partial charge in [-0.1, -0.05) is 26.0 Å². The first kappa shape index (κ1) is 22.4. The molecule has 0 unspecified atom stereocenters. The van der Waals surface area contributed by atoms with Gasteiger partial charge in [0.25, 0.3) is 0 Å². The molecule has 0 amide bonds. The van der Waals surface area contributed by atoms with E-state index in [1.54, 1.807) is 13.8 Å². The summed E-state index contributed by atoms with van der Waals surface area (Å²) in [6.45, 7) is 8.21. The van der Waals surface area contributed by atoms with Crippen molar-refractivity contribution in [3.05, 3.63) is 59.2 Å². The SMILES string of the molecule is CCOC(=O)c1ccc(C(=O)OCC)c(NC(=S)Nc2ccc(C(C)C)cc2)c1. The highest BCUT2D eigenvalue weighted by atomic mass is 32.1. The van der Waals surface area contributed by atoms with Crippen molar-refractivity contribution >= 4 is 40.6 Å². The van der Waals surface area contributed by atoms with Gasteiger partial charge in [0.05, 0.1) is 30.0 Å². The molecular formula is C22H26N2O4S. The Bertz CT molecular complexity index is 879. The summed E-state index contributed by atoms with van der Waals surface area (Å²) in [5.41, 5.74) is 2.99. The summed E-state index contributed by atoms with van der Waals surface area (Å²) in [4.78, 5) is 24.3. The Hall–Kier alpha value is -2.93. The molecule has 2 aromatic carbocycles. The van der Waals surface area contributed by atoms with Crippen LogP contribution in [0.4, 0.5) is 11.4 Å². The number of esters is 2.